The second kappa shape index (κ2) is 24.4. The van der Waals surface area contributed by atoms with E-state index in [1.807, 2.05) is 52.2 Å². The standard InChI is InChI=1S/C46H78N2O15/c1-13-35(50)60-34-24-36(51)56-27(3)17-15-14-16-18-33(61-37-20-19-32(47(8)9)28(4)57-37)26(2)23-31(21-22-49)42(43(34)55-12)63-45-40(52)39(48(10)11)41(29(5)59-45)62-38-25-46(7,54)44(53)30(6)58-38/h14-16,18,22,26-34,37-45,52-54H,13,17,19-21,23-25H2,1-12H3/b15-14-,18-16-. The van der Waals surface area contributed by atoms with E-state index in [-0.39, 0.29) is 43.7 Å². The van der Waals surface area contributed by atoms with Gasteiger partial charge in [0.2, 0.25) is 0 Å². The minimum absolute atomic E-state index is 0.0117. The van der Waals surface area contributed by atoms with Gasteiger partial charge in [0.1, 0.15) is 42.9 Å². The van der Waals surface area contributed by atoms with Crippen LogP contribution in [-0.4, -0.2) is 182 Å². The molecule has 4 heterocycles. The van der Waals surface area contributed by atoms with Gasteiger partial charge in [-0.3, -0.25) is 9.59 Å². The number of hydrogen-bond acceptors (Lipinski definition) is 17. The van der Waals surface area contributed by atoms with Gasteiger partial charge in [-0.15, -0.1) is 0 Å². The number of aliphatic hydroxyl groups is 3. The summed E-state index contributed by atoms with van der Waals surface area (Å²) in [5.41, 5.74) is -1.49. The smallest absolute Gasteiger partial charge is 0.309 e. The fourth-order valence-corrected chi connectivity index (χ4v) is 9.44. The molecule has 3 saturated heterocycles. The lowest BCUT2D eigenvalue weighted by molar-refractivity contribution is -0.344. The van der Waals surface area contributed by atoms with Crippen LogP contribution in [-0.2, 0) is 57.0 Å². The number of aldehydes is 1. The minimum atomic E-state index is -1.49. The zero-order valence-electron chi connectivity index (χ0n) is 39.6. The SMILES string of the molecule is CCC(=O)OC1CC(=O)OC(C)C/C=C\C=C/C(OC2CCC(N(C)C)C(C)O2)C(C)CC(CC=O)C(OC2OC(C)C(OC3CC(C)(O)C(O)C(C)O3)C(N(C)C)C2O)C1OC. The summed E-state index contributed by atoms with van der Waals surface area (Å²) in [6.07, 6.45) is -1.76. The van der Waals surface area contributed by atoms with Crippen LogP contribution in [0.25, 0.3) is 0 Å². The second-order valence-corrected chi connectivity index (χ2v) is 18.6. The molecular weight excluding hydrogens is 821 g/mol. The molecule has 17 nitrogen and oxygen atoms in total. The fraction of sp³-hybridized carbons (Fsp3) is 0.848. The predicted octanol–water partition coefficient (Wildman–Crippen LogP) is 3.29. The third kappa shape index (κ3) is 14.5. The van der Waals surface area contributed by atoms with E-state index in [0.29, 0.717) is 19.3 Å². The molecule has 3 N–H and O–H groups in total. The first kappa shape index (κ1) is 53.2. The van der Waals surface area contributed by atoms with Crippen molar-refractivity contribution in [1.29, 1.82) is 0 Å². The summed E-state index contributed by atoms with van der Waals surface area (Å²) in [6, 6.07) is -0.510. The molecule has 362 valence electrons. The van der Waals surface area contributed by atoms with Crippen molar-refractivity contribution < 1.29 is 72.3 Å². The molecule has 0 saturated carbocycles. The van der Waals surface area contributed by atoms with Gasteiger partial charge >= 0.3 is 11.9 Å². The van der Waals surface area contributed by atoms with Gasteiger partial charge < -0.3 is 72.5 Å². The first-order chi connectivity index (χ1) is 29.7. The minimum Gasteiger partial charge on any atom is -0.462 e. The fourth-order valence-electron chi connectivity index (χ4n) is 9.44. The summed E-state index contributed by atoms with van der Waals surface area (Å²) in [7, 11) is 9.04. The molecule has 19 unspecified atom stereocenters. The number of cyclic esters (lactones) is 1. The molecule has 63 heavy (non-hydrogen) atoms. The van der Waals surface area contributed by atoms with E-state index in [1.54, 1.807) is 46.7 Å². The van der Waals surface area contributed by atoms with E-state index in [1.165, 1.54) is 14.0 Å². The largest absolute Gasteiger partial charge is 0.462 e. The maximum Gasteiger partial charge on any atom is 0.309 e. The quantitative estimate of drug-likeness (QED) is 0.180. The first-order valence-corrected chi connectivity index (χ1v) is 22.7. The zero-order chi connectivity index (χ0) is 46.8. The monoisotopic (exact) mass is 899 g/mol. The molecule has 4 aliphatic heterocycles. The highest BCUT2D eigenvalue weighted by molar-refractivity contribution is 5.72. The summed E-state index contributed by atoms with van der Waals surface area (Å²) in [6.45, 7) is 12.4. The molecule has 17 heteroatoms. The van der Waals surface area contributed by atoms with Crippen LogP contribution in [0.15, 0.2) is 24.3 Å². The van der Waals surface area contributed by atoms with E-state index in [0.717, 1.165) is 12.7 Å². The lowest BCUT2D eigenvalue weighted by Crippen LogP contribution is -2.65. The number of hydrogen-bond donors (Lipinski definition) is 3. The van der Waals surface area contributed by atoms with E-state index < -0.39 is 109 Å². The van der Waals surface area contributed by atoms with Crippen LogP contribution in [0.4, 0.5) is 0 Å². The summed E-state index contributed by atoms with van der Waals surface area (Å²) < 4.78 is 56.7. The molecule has 0 amide bonds. The van der Waals surface area contributed by atoms with E-state index in [2.05, 4.69) is 4.90 Å². The van der Waals surface area contributed by atoms with E-state index in [9.17, 15) is 29.7 Å². The number of carbonyl (C=O) groups is 3. The first-order valence-electron chi connectivity index (χ1n) is 22.7. The Hall–Kier alpha value is -2.39. The number of rotatable bonds is 13. The van der Waals surface area contributed by atoms with Gasteiger partial charge in [-0.25, -0.2) is 0 Å². The van der Waals surface area contributed by atoms with Crippen molar-refractivity contribution in [3.05, 3.63) is 24.3 Å². The van der Waals surface area contributed by atoms with Crippen LogP contribution in [0.1, 0.15) is 99.8 Å². The number of nitrogens with zero attached hydrogens (tertiary/aromatic N) is 2. The van der Waals surface area contributed by atoms with Gasteiger partial charge in [0.05, 0.1) is 48.6 Å². The van der Waals surface area contributed by atoms with Crippen molar-refractivity contribution in [2.75, 3.05) is 35.3 Å². The molecule has 0 radical (unpaired) electrons. The van der Waals surface area contributed by atoms with Crippen LogP contribution in [0.5, 0.6) is 0 Å². The van der Waals surface area contributed by atoms with Crippen LogP contribution in [0, 0.1) is 11.8 Å². The van der Waals surface area contributed by atoms with Crippen LogP contribution < -0.4 is 0 Å². The van der Waals surface area contributed by atoms with Crippen molar-refractivity contribution >= 4 is 18.2 Å². The van der Waals surface area contributed by atoms with Gasteiger partial charge in [0.15, 0.2) is 18.9 Å². The van der Waals surface area contributed by atoms with Gasteiger partial charge in [-0.05, 0) is 93.9 Å². The number of carbonyl (C=O) groups excluding carboxylic acids is 3. The summed E-state index contributed by atoms with van der Waals surface area (Å²) in [4.78, 5) is 43.2. The number of allylic oxidation sites excluding steroid dienone is 2. The second-order valence-electron chi connectivity index (χ2n) is 18.6. The highest BCUT2D eigenvalue weighted by atomic mass is 16.7. The molecule has 0 spiro atoms. The average Bonchev–Trinajstić information content (AvgIpc) is 3.19. The maximum absolute atomic E-state index is 13.5. The van der Waals surface area contributed by atoms with Gasteiger partial charge in [0, 0.05) is 38.8 Å². The number of aliphatic hydroxyl groups excluding tert-OH is 2. The molecule has 0 aliphatic carbocycles. The van der Waals surface area contributed by atoms with E-state index in [4.69, 9.17) is 42.6 Å². The lowest BCUT2D eigenvalue weighted by Gasteiger charge is -2.50. The Balaban J connectivity index is 1.74. The highest BCUT2D eigenvalue weighted by Crippen LogP contribution is 2.38. The van der Waals surface area contributed by atoms with Crippen molar-refractivity contribution in [1.82, 2.24) is 9.80 Å². The average molecular weight is 899 g/mol. The molecule has 0 aromatic heterocycles. The van der Waals surface area contributed by atoms with Crippen molar-refractivity contribution in [3.63, 3.8) is 0 Å². The Morgan fingerprint density at radius 3 is 2.21 bits per heavy atom. The summed E-state index contributed by atoms with van der Waals surface area (Å²) in [5, 5.41) is 33.7. The number of likely N-dealkylation sites (N-methyl/N-ethyl adjacent to an activating group) is 2. The number of methoxy groups -OCH3 is 1. The number of ether oxygens (including phenoxy) is 9. The molecule has 0 aromatic rings. The highest BCUT2D eigenvalue weighted by Gasteiger charge is 2.52. The van der Waals surface area contributed by atoms with Crippen molar-refractivity contribution in [2.45, 2.75) is 204 Å². The molecule has 0 bridgehead atoms. The Morgan fingerprint density at radius 1 is 0.905 bits per heavy atom. The number of esters is 2. The predicted molar refractivity (Wildman–Crippen MR) is 231 cm³/mol. The topological polar surface area (TPSA) is 201 Å². The van der Waals surface area contributed by atoms with Crippen LogP contribution in [0.3, 0.4) is 0 Å². The summed E-state index contributed by atoms with van der Waals surface area (Å²) >= 11 is 0. The van der Waals surface area contributed by atoms with Crippen LogP contribution >= 0.6 is 0 Å². The van der Waals surface area contributed by atoms with Crippen molar-refractivity contribution in [2.24, 2.45) is 11.8 Å². The molecule has 3 fully saturated rings. The molecule has 4 aliphatic rings. The van der Waals surface area contributed by atoms with Gasteiger partial charge in [0.25, 0.3) is 0 Å². The lowest BCUT2D eigenvalue weighted by atomic mass is 9.82. The molecular formula is C46H78N2O15. The molecule has 0 aromatic carbocycles. The van der Waals surface area contributed by atoms with Crippen LogP contribution in [0.2, 0.25) is 0 Å². The maximum atomic E-state index is 13.5. The Labute approximate surface area is 374 Å². The van der Waals surface area contributed by atoms with Gasteiger partial charge in [-0.1, -0.05) is 38.2 Å². The third-order valence-corrected chi connectivity index (χ3v) is 12.9. The summed E-state index contributed by atoms with van der Waals surface area (Å²) in [5.74, 6) is -2.12. The Kier molecular flexibility index (Phi) is 20.6. The normalized spacial score (nSPS) is 43.5. The van der Waals surface area contributed by atoms with Crippen molar-refractivity contribution in [3.8, 4) is 0 Å². The third-order valence-electron chi connectivity index (χ3n) is 12.9. The Morgan fingerprint density at radius 2 is 1.60 bits per heavy atom. The zero-order valence-corrected chi connectivity index (χ0v) is 39.6. The Bertz CT molecular complexity index is 1490. The molecule has 19 atom stereocenters. The van der Waals surface area contributed by atoms with Gasteiger partial charge in [-0.2, -0.15) is 0 Å². The molecule has 4 rings (SSSR count). The van der Waals surface area contributed by atoms with E-state index >= 15 is 0 Å².